The largest absolute Gasteiger partial charge is 0.457 e. The summed E-state index contributed by atoms with van der Waals surface area (Å²) in [5.41, 5.74) is 0. The van der Waals surface area contributed by atoms with Gasteiger partial charge in [0.15, 0.2) is 0 Å². The zero-order chi connectivity index (χ0) is 4.41. The van der Waals surface area contributed by atoms with Crippen LogP contribution in [0.25, 0.3) is 0 Å². The molecule has 0 aliphatic rings. The van der Waals surface area contributed by atoms with Crippen LogP contribution in [0, 0.1) is 6.33 Å². The molecule has 0 atom stereocenters. The predicted molar refractivity (Wildman–Crippen MR) is 22.0 cm³/mol. The minimum atomic E-state index is 0. The maximum atomic E-state index is 3.66. The first-order chi connectivity index (χ1) is 2.89. The van der Waals surface area contributed by atoms with E-state index in [1.165, 1.54) is 0 Å². The molecule has 0 bridgehead atoms. The maximum Gasteiger partial charge on any atom is 0.000183 e. The van der Waals surface area contributed by atoms with E-state index in [0.29, 0.717) is 0 Å². The van der Waals surface area contributed by atoms with Gasteiger partial charge in [0, 0.05) is 22.8 Å². The maximum absolute atomic E-state index is 3.66. The van der Waals surface area contributed by atoms with Gasteiger partial charge in [0.2, 0.25) is 0 Å². The summed E-state index contributed by atoms with van der Waals surface area (Å²) in [4.78, 5) is 3.66. The van der Waals surface area contributed by atoms with Crippen molar-refractivity contribution < 1.29 is 16.5 Å². The van der Waals surface area contributed by atoms with Gasteiger partial charge in [-0.1, -0.05) is 0 Å². The van der Waals surface area contributed by atoms with E-state index in [9.17, 15) is 0 Å². The molecule has 1 heterocycles. The monoisotopic (exact) mass is 139 g/mol. The van der Waals surface area contributed by atoms with Crippen molar-refractivity contribution in [3.05, 3.63) is 18.7 Å². The standard InChI is InChI=1S/C4H5N2.Ni/c1-6-3-2-5-4-6;/h2-3H,1H3;/q-1;. The molecule has 0 aliphatic carbocycles. The van der Waals surface area contributed by atoms with Gasteiger partial charge in [-0.05, 0) is 7.05 Å². The Hall–Kier alpha value is -0.296. The SMILES string of the molecule is Cn1[c-]ncc1.[Ni]. The quantitative estimate of drug-likeness (QED) is 0.372. The molecule has 1 aromatic rings. The normalized spacial score (nSPS) is 7.57. The van der Waals surface area contributed by atoms with Crippen molar-refractivity contribution in [3.8, 4) is 0 Å². The number of aryl methyl sites for hydroxylation is 1. The van der Waals surface area contributed by atoms with Crippen LogP contribution in [0.2, 0.25) is 0 Å². The Bertz CT molecular complexity index is 113. The van der Waals surface area contributed by atoms with Crippen molar-refractivity contribution in [2.45, 2.75) is 0 Å². The van der Waals surface area contributed by atoms with Gasteiger partial charge < -0.3 is 9.55 Å². The summed E-state index contributed by atoms with van der Waals surface area (Å²) in [6.07, 6.45) is 6.19. The van der Waals surface area contributed by atoms with Gasteiger partial charge in [-0.2, -0.15) is 0 Å². The molecule has 1 aromatic heterocycles. The minimum Gasteiger partial charge on any atom is -0.457 e. The van der Waals surface area contributed by atoms with Gasteiger partial charge >= 0.3 is 0 Å². The summed E-state index contributed by atoms with van der Waals surface area (Å²) in [7, 11) is 1.88. The fourth-order valence-electron chi connectivity index (χ4n) is 0.291. The Morgan fingerprint density at radius 2 is 2.43 bits per heavy atom. The molecule has 3 heteroatoms. The molecule has 0 fully saturated rings. The van der Waals surface area contributed by atoms with E-state index in [1.807, 2.05) is 13.2 Å². The van der Waals surface area contributed by atoms with Crippen molar-refractivity contribution in [2.75, 3.05) is 0 Å². The summed E-state index contributed by atoms with van der Waals surface area (Å²) in [5.74, 6) is 0. The van der Waals surface area contributed by atoms with E-state index in [1.54, 1.807) is 10.8 Å². The van der Waals surface area contributed by atoms with Gasteiger partial charge in [0.25, 0.3) is 0 Å². The summed E-state index contributed by atoms with van der Waals surface area (Å²) in [6.45, 7) is 0. The predicted octanol–water partition coefficient (Wildman–Crippen LogP) is 0.218. The van der Waals surface area contributed by atoms with Gasteiger partial charge in [-0.25, -0.2) is 0 Å². The molecule has 0 unspecified atom stereocenters. The third-order valence-electron chi connectivity index (χ3n) is 0.580. The average molecular weight is 140 g/mol. The summed E-state index contributed by atoms with van der Waals surface area (Å²) < 4.78 is 1.76. The molecule has 0 aromatic carbocycles. The summed E-state index contributed by atoms with van der Waals surface area (Å²) in [6, 6.07) is 0. The summed E-state index contributed by atoms with van der Waals surface area (Å²) >= 11 is 0. The van der Waals surface area contributed by atoms with Gasteiger partial charge in [0.1, 0.15) is 0 Å². The molecule has 0 N–H and O–H groups in total. The number of nitrogens with zero attached hydrogens (tertiary/aromatic N) is 2. The van der Waals surface area contributed by atoms with Crippen LogP contribution in [0.3, 0.4) is 0 Å². The van der Waals surface area contributed by atoms with Crippen LogP contribution in [0.1, 0.15) is 0 Å². The molecule has 0 radical (unpaired) electrons. The topological polar surface area (TPSA) is 17.8 Å². The second-order valence-electron chi connectivity index (χ2n) is 1.14. The Balaban J connectivity index is 0.000000360. The first kappa shape index (κ1) is 6.70. The molecule has 2 nitrogen and oxygen atoms in total. The third kappa shape index (κ3) is 1.74. The van der Waals surface area contributed by atoms with E-state index in [-0.39, 0.29) is 16.5 Å². The number of hydrogen-bond donors (Lipinski definition) is 0. The molecule has 0 amide bonds. The second-order valence-corrected chi connectivity index (χ2v) is 1.14. The second kappa shape index (κ2) is 2.81. The molecule has 1 rings (SSSR count). The molecular formula is C4H5N2Ni-. The van der Waals surface area contributed by atoms with Crippen molar-refractivity contribution in [2.24, 2.45) is 7.05 Å². The number of rotatable bonds is 0. The van der Waals surface area contributed by atoms with Gasteiger partial charge in [-0.15, -0.1) is 12.4 Å². The molecule has 7 heavy (non-hydrogen) atoms. The fraction of sp³-hybridized carbons (Fsp3) is 0.250. The van der Waals surface area contributed by atoms with Crippen LogP contribution < -0.4 is 0 Å². The Kier molecular flexibility index (Phi) is 2.69. The summed E-state index contributed by atoms with van der Waals surface area (Å²) in [5, 5.41) is 0. The van der Waals surface area contributed by atoms with E-state index < -0.39 is 0 Å². The zero-order valence-electron chi connectivity index (χ0n) is 3.87. The van der Waals surface area contributed by atoms with Crippen molar-refractivity contribution >= 4 is 0 Å². The average Bonchev–Trinajstić information content (AvgIpc) is 1.86. The van der Waals surface area contributed by atoms with Crippen molar-refractivity contribution in [1.82, 2.24) is 9.55 Å². The molecule has 42 valence electrons. The van der Waals surface area contributed by atoms with Gasteiger partial charge in [0.05, 0.1) is 0 Å². The van der Waals surface area contributed by atoms with Crippen LogP contribution >= 0.6 is 0 Å². The van der Waals surface area contributed by atoms with E-state index in [0.717, 1.165) is 0 Å². The van der Waals surface area contributed by atoms with Gasteiger partial charge in [-0.3, -0.25) is 0 Å². The van der Waals surface area contributed by atoms with Crippen LogP contribution in [0.4, 0.5) is 0 Å². The van der Waals surface area contributed by atoms with E-state index in [4.69, 9.17) is 0 Å². The zero-order valence-corrected chi connectivity index (χ0v) is 4.85. The van der Waals surface area contributed by atoms with Crippen LogP contribution in [0.5, 0.6) is 0 Å². The number of hydrogen-bond acceptors (Lipinski definition) is 1. The number of imidazole rings is 1. The van der Waals surface area contributed by atoms with E-state index >= 15 is 0 Å². The minimum absolute atomic E-state index is 0. The molecular weight excluding hydrogens is 135 g/mol. The first-order valence-electron chi connectivity index (χ1n) is 1.74. The third-order valence-corrected chi connectivity index (χ3v) is 0.580. The van der Waals surface area contributed by atoms with Crippen LogP contribution in [-0.2, 0) is 23.5 Å². The Morgan fingerprint density at radius 1 is 1.71 bits per heavy atom. The Morgan fingerprint density at radius 3 is 2.57 bits per heavy atom. The number of aromatic nitrogens is 2. The Labute approximate surface area is 52.5 Å². The molecule has 0 aliphatic heterocycles. The fourth-order valence-corrected chi connectivity index (χ4v) is 0.291. The van der Waals surface area contributed by atoms with E-state index in [2.05, 4.69) is 11.3 Å². The first-order valence-corrected chi connectivity index (χ1v) is 1.74. The molecule has 0 spiro atoms. The molecule has 0 saturated heterocycles. The molecule has 0 saturated carbocycles. The smallest absolute Gasteiger partial charge is 0.000183 e. The van der Waals surface area contributed by atoms with Crippen molar-refractivity contribution in [3.63, 3.8) is 0 Å². The van der Waals surface area contributed by atoms with Crippen molar-refractivity contribution in [1.29, 1.82) is 0 Å². The van der Waals surface area contributed by atoms with Crippen LogP contribution in [-0.4, -0.2) is 9.55 Å². The van der Waals surface area contributed by atoms with Crippen LogP contribution in [0.15, 0.2) is 12.4 Å².